The molecule has 3 aliphatic heterocycles. The van der Waals surface area contributed by atoms with Crippen molar-refractivity contribution in [3.05, 3.63) is 27.3 Å². The summed E-state index contributed by atoms with van der Waals surface area (Å²) in [5.74, 6) is -0.308. The molecular weight excluding hydrogens is 304 g/mol. The van der Waals surface area contributed by atoms with Gasteiger partial charge in [-0.1, -0.05) is 24.2 Å². The first kappa shape index (κ1) is 13.4. The number of azo groups is 1. The number of hydrogen-bond acceptors (Lipinski definition) is 6. The number of carbonyl (C=O) groups is 1. The molecule has 1 saturated heterocycles. The second-order valence-corrected chi connectivity index (χ2v) is 7.19. The molecule has 0 aromatic carbocycles. The zero-order valence-corrected chi connectivity index (χ0v) is 13.0. The van der Waals surface area contributed by atoms with Gasteiger partial charge >= 0.3 is 5.91 Å². The van der Waals surface area contributed by atoms with Crippen molar-refractivity contribution in [3.8, 4) is 0 Å². The largest absolute Gasteiger partial charge is 0.314 e. The number of carbonyl (C=O) groups excluding carboxylic acids is 1. The summed E-state index contributed by atoms with van der Waals surface area (Å²) in [4.78, 5) is 20.9. The van der Waals surface area contributed by atoms with Gasteiger partial charge in [-0.25, -0.2) is 4.99 Å². The van der Waals surface area contributed by atoms with Crippen LogP contribution in [0.2, 0.25) is 0 Å². The number of thioether (sulfide) groups is 1. The summed E-state index contributed by atoms with van der Waals surface area (Å²) >= 11 is 3.26. The van der Waals surface area contributed by atoms with Gasteiger partial charge < -0.3 is 0 Å². The van der Waals surface area contributed by atoms with E-state index in [4.69, 9.17) is 0 Å². The Balaban J connectivity index is 1.69. The van der Waals surface area contributed by atoms with E-state index in [1.807, 2.05) is 17.5 Å². The summed E-state index contributed by atoms with van der Waals surface area (Å²) in [6.45, 7) is 2.11. The zero-order chi connectivity index (χ0) is 14.2. The first-order chi connectivity index (χ1) is 10.3. The minimum absolute atomic E-state index is 0.0118. The van der Waals surface area contributed by atoms with E-state index in [0.29, 0.717) is 5.71 Å². The van der Waals surface area contributed by atoms with Crippen molar-refractivity contribution >= 4 is 40.4 Å². The quantitative estimate of drug-likeness (QED) is 0.840. The van der Waals surface area contributed by atoms with Crippen LogP contribution in [0.1, 0.15) is 24.1 Å². The normalized spacial score (nSPS) is 26.2. The Kier molecular flexibility index (Phi) is 3.48. The van der Waals surface area contributed by atoms with Crippen LogP contribution in [0.15, 0.2) is 37.6 Å². The van der Waals surface area contributed by atoms with Crippen molar-refractivity contribution in [1.29, 1.82) is 0 Å². The molecule has 1 aromatic rings. The Morgan fingerprint density at radius 1 is 1.19 bits per heavy atom. The van der Waals surface area contributed by atoms with Gasteiger partial charge in [0.2, 0.25) is 0 Å². The van der Waals surface area contributed by atoms with Crippen molar-refractivity contribution in [2.75, 3.05) is 13.1 Å². The van der Waals surface area contributed by atoms with Crippen LogP contribution in [0, 0.1) is 0 Å². The second kappa shape index (κ2) is 5.47. The topological polar surface area (TPSA) is 57.4 Å². The predicted molar refractivity (Wildman–Crippen MR) is 85.3 cm³/mol. The number of amides is 1. The monoisotopic (exact) mass is 318 g/mol. The molecule has 0 bridgehead atoms. The van der Waals surface area contributed by atoms with Crippen LogP contribution >= 0.6 is 23.1 Å². The Hall–Kier alpha value is -1.31. The van der Waals surface area contributed by atoms with E-state index >= 15 is 0 Å². The molecule has 1 atom stereocenters. The van der Waals surface area contributed by atoms with E-state index in [2.05, 4.69) is 20.1 Å². The van der Waals surface area contributed by atoms with Gasteiger partial charge in [0.05, 0.1) is 9.78 Å². The zero-order valence-electron chi connectivity index (χ0n) is 11.4. The van der Waals surface area contributed by atoms with Gasteiger partial charge in [0, 0.05) is 13.1 Å². The van der Waals surface area contributed by atoms with E-state index in [0.717, 1.165) is 28.6 Å². The predicted octanol–water partition coefficient (Wildman–Crippen LogP) is 3.37. The van der Waals surface area contributed by atoms with Crippen LogP contribution in [-0.4, -0.2) is 35.1 Å². The van der Waals surface area contributed by atoms with Gasteiger partial charge in [-0.2, -0.15) is 0 Å². The highest BCUT2D eigenvalue weighted by Crippen LogP contribution is 2.42. The van der Waals surface area contributed by atoms with E-state index in [-0.39, 0.29) is 11.4 Å². The van der Waals surface area contributed by atoms with Gasteiger partial charge in [-0.3, -0.25) is 9.69 Å². The molecule has 4 heterocycles. The van der Waals surface area contributed by atoms with Gasteiger partial charge in [0.1, 0.15) is 11.4 Å². The van der Waals surface area contributed by atoms with Crippen LogP contribution in [0.4, 0.5) is 0 Å². The van der Waals surface area contributed by atoms with Crippen molar-refractivity contribution < 1.29 is 4.79 Å². The molecule has 1 aromatic heterocycles. The smallest absolute Gasteiger partial charge is 0.273 e. The molecule has 4 rings (SSSR count). The lowest BCUT2D eigenvalue weighted by Gasteiger charge is -2.29. The molecule has 0 radical (unpaired) electrons. The van der Waals surface area contributed by atoms with Crippen molar-refractivity contribution in [1.82, 2.24) is 4.90 Å². The Labute approximate surface area is 130 Å². The maximum atomic E-state index is 12.0. The highest BCUT2D eigenvalue weighted by molar-refractivity contribution is 8.05. The Morgan fingerprint density at radius 3 is 2.81 bits per heavy atom. The highest BCUT2D eigenvalue weighted by atomic mass is 32.2. The van der Waals surface area contributed by atoms with Gasteiger partial charge in [-0.05, 0) is 24.3 Å². The van der Waals surface area contributed by atoms with Gasteiger partial charge in [0.15, 0.2) is 5.50 Å². The third-order valence-corrected chi connectivity index (χ3v) is 5.91. The highest BCUT2D eigenvalue weighted by Gasteiger charge is 2.37. The molecule has 0 unspecified atom stereocenters. The minimum atomic E-state index is -0.308. The molecule has 1 fully saturated rings. The van der Waals surface area contributed by atoms with Crippen LogP contribution in [0.25, 0.3) is 5.70 Å². The van der Waals surface area contributed by atoms with Crippen LogP contribution < -0.4 is 0 Å². The standard InChI is InChI=1S/C14H14N4OS2/c19-13-11-12(10(16-17-13)9-5-4-8-20-9)21-14(15-11)18-6-2-1-3-7-18/h4-5,8,14H,1-3,6-7H2/t14-/m1/s1. The SMILES string of the molecule is O=C1N=NC(c2cccs2)=C2S[C@@H](N3CCCCC3)N=C12. The Bertz CT molecular complexity index is 657. The molecule has 21 heavy (non-hydrogen) atoms. The average Bonchev–Trinajstić information content (AvgIpc) is 3.18. The summed E-state index contributed by atoms with van der Waals surface area (Å²) in [6, 6.07) is 3.99. The molecule has 0 saturated carbocycles. The molecule has 5 nitrogen and oxygen atoms in total. The minimum Gasteiger partial charge on any atom is -0.273 e. The number of likely N-dealkylation sites (tertiary alicyclic amines) is 1. The van der Waals surface area contributed by atoms with E-state index in [1.165, 1.54) is 19.3 Å². The summed E-state index contributed by atoms with van der Waals surface area (Å²) in [7, 11) is 0. The molecule has 108 valence electrons. The summed E-state index contributed by atoms with van der Waals surface area (Å²) in [5, 5.41) is 9.89. The fraction of sp³-hybridized carbons (Fsp3) is 0.429. The van der Waals surface area contributed by atoms with Crippen molar-refractivity contribution in [2.24, 2.45) is 15.2 Å². The van der Waals surface area contributed by atoms with E-state index in [1.54, 1.807) is 23.1 Å². The van der Waals surface area contributed by atoms with Crippen LogP contribution in [0.5, 0.6) is 0 Å². The molecule has 7 heteroatoms. The lowest BCUT2D eigenvalue weighted by atomic mass is 10.1. The first-order valence-electron chi connectivity index (χ1n) is 7.06. The molecule has 1 amide bonds. The number of nitrogens with zero attached hydrogens (tertiary/aromatic N) is 4. The molecular formula is C14H14N4OS2. The van der Waals surface area contributed by atoms with Crippen molar-refractivity contribution in [3.63, 3.8) is 0 Å². The molecule has 0 N–H and O–H groups in total. The third-order valence-electron chi connectivity index (χ3n) is 3.79. The fourth-order valence-electron chi connectivity index (χ4n) is 2.74. The summed E-state index contributed by atoms with van der Waals surface area (Å²) in [5.41, 5.74) is 1.31. The molecule has 0 aliphatic carbocycles. The Morgan fingerprint density at radius 2 is 2.05 bits per heavy atom. The summed E-state index contributed by atoms with van der Waals surface area (Å²) in [6.07, 6.45) is 3.71. The second-order valence-electron chi connectivity index (χ2n) is 5.18. The molecule has 0 spiro atoms. The van der Waals surface area contributed by atoms with Crippen molar-refractivity contribution in [2.45, 2.75) is 24.8 Å². The maximum Gasteiger partial charge on any atom is 0.314 e. The van der Waals surface area contributed by atoms with Crippen LogP contribution in [-0.2, 0) is 4.79 Å². The number of thiophene rings is 1. The van der Waals surface area contributed by atoms with E-state index in [9.17, 15) is 4.79 Å². The third kappa shape index (κ3) is 2.39. The van der Waals surface area contributed by atoms with Crippen LogP contribution in [0.3, 0.4) is 0 Å². The average molecular weight is 318 g/mol. The number of hydrogen-bond donors (Lipinski definition) is 0. The number of piperidine rings is 1. The number of aliphatic imine (C=N–C) groups is 1. The first-order valence-corrected chi connectivity index (χ1v) is 8.82. The summed E-state index contributed by atoms with van der Waals surface area (Å²) < 4.78 is 0. The number of fused-ring (bicyclic) bond motifs is 1. The van der Waals surface area contributed by atoms with Gasteiger partial charge in [-0.15, -0.1) is 21.6 Å². The molecule has 3 aliphatic rings. The fourth-order valence-corrected chi connectivity index (χ4v) is 4.76. The number of rotatable bonds is 2. The maximum absolute atomic E-state index is 12.0. The van der Waals surface area contributed by atoms with E-state index < -0.39 is 0 Å². The lowest BCUT2D eigenvalue weighted by molar-refractivity contribution is -0.112. The van der Waals surface area contributed by atoms with Gasteiger partial charge in [0.25, 0.3) is 0 Å². The lowest BCUT2D eigenvalue weighted by Crippen LogP contribution is -2.35.